The van der Waals surface area contributed by atoms with E-state index in [2.05, 4.69) is 15.6 Å². The molecular formula is C21H23FN4O3. The third-order valence-corrected chi connectivity index (χ3v) is 5.66. The van der Waals surface area contributed by atoms with Crippen molar-refractivity contribution in [3.8, 4) is 0 Å². The minimum Gasteiger partial charge on any atom is -0.357 e. The van der Waals surface area contributed by atoms with Gasteiger partial charge in [-0.2, -0.15) is 0 Å². The zero-order valence-corrected chi connectivity index (χ0v) is 15.9. The Morgan fingerprint density at radius 3 is 2.69 bits per heavy atom. The highest BCUT2D eigenvalue weighted by Gasteiger charge is 2.52. The number of rotatable bonds is 5. The smallest absolute Gasteiger partial charge is 0.270 e. The average Bonchev–Trinajstić information content (AvgIpc) is 3.22. The van der Waals surface area contributed by atoms with Crippen molar-refractivity contribution >= 4 is 17.7 Å². The number of amides is 3. The number of hydrogen-bond acceptors (Lipinski definition) is 3. The topological polar surface area (TPSA) is 94.3 Å². The van der Waals surface area contributed by atoms with Crippen molar-refractivity contribution in [2.45, 2.75) is 25.3 Å². The molecule has 8 heteroatoms. The van der Waals surface area contributed by atoms with Gasteiger partial charge in [-0.3, -0.25) is 14.4 Å². The molecule has 1 aromatic carbocycles. The van der Waals surface area contributed by atoms with Crippen molar-refractivity contribution in [2.24, 2.45) is 5.41 Å². The Kier molecular flexibility index (Phi) is 5.08. The molecule has 0 spiro atoms. The van der Waals surface area contributed by atoms with E-state index in [-0.39, 0.29) is 43.0 Å². The van der Waals surface area contributed by atoms with Crippen LogP contribution in [-0.2, 0) is 16.0 Å². The molecule has 0 aliphatic carbocycles. The Bertz CT molecular complexity index is 922. The van der Waals surface area contributed by atoms with Gasteiger partial charge in [0, 0.05) is 25.8 Å². The molecule has 1 unspecified atom stereocenters. The molecule has 7 nitrogen and oxygen atoms in total. The molecule has 1 atom stereocenters. The Morgan fingerprint density at radius 1 is 1.21 bits per heavy atom. The van der Waals surface area contributed by atoms with Gasteiger partial charge in [0.15, 0.2) is 0 Å². The maximum Gasteiger partial charge on any atom is 0.270 e. The van der Waals surface area contributed by atoms with E-state index in [9.17, 15) is 18.8 Å². The van der Waals surface area contributed by atoms with Gasteiger partial charge in [-0.05, 0) is 43.0 Å². The summed E-state index contributed by atoms with van der Waals surface area (Å²) in [5.41, 5.74) is -0.110. The average molecular weight is 398 g/mol. The number of carbonyl (C=O) groups is 3. The molecule has 2 aromatic rings. The van der Waals surface area contributed by atoms with Crippen LogP contribution in [0.5, 0.6) is 0 Å². The molecule has 152 valence electrons. The lowest BCUT2D eigenvalue weighted by molar-refractivity contribution is -0.142. The number of aromatic amines is 1. The van der Waals surface area contributed by atoms with Crippen LogP contribution in [0.3, 0.4) is 0 Å². The van der Waals surface area contributed by atoms with Crippen LogP contribution in [0.15, 0.2) is 42.6 Å². The number of halogens is 1. The third-order valence-electron chi connectivity index (χ3n) is 5.66. The van der Waals surface area contributed by atoms with Crippen molar-refractivity contribution in [1.82, 2.24) is 20.5 Å². The Hall–Kier alpha value is -3.16. The normalized spacial score (nSPS) is 20.5. The molecule has 2 saturated heterocycles. The van der Waals surface area contributed by atoms with Crippen LogP contribution in [0, 0.1) is 11.2 Å². The third kappa shape index (κ3) is 3.74. The summed E-state index contributed by atoms with van der Waals surface area (Å²) < 4.78 is 14.3. The highest BCUT2D eigenvalue weighted by molar-refractivity contribution is 5.96. The van der Waals surface area contributed by atoms with E-state index in [0.717, 1.165) is 6.42 Å². The lowest BCUT2D eigenvalue weighted by atomic mass is 9.73. The van der Waals surface area contributed by atoms with E-state index in [4.69, 9.17) is 0 Å². The van der Waals surface area contributed by atoms with Gasteiger partial charge in [-0.15, -0.1) is 0 Å². The summed E-state index contributed by atoms with van der Waals surface area (Å²) >= 11 is 0. The highest BCUT2D eigenvalue weighted by atomic mass is 19.1. The van der Waals surface area contributed by atoms with E-state index < -0.39 is 11.5 Å². The Morgan fingerprint density at radius 2 is 2.00 bits per heavy atom. The summed E-state index contributed by atoms with van der Waals surface area (Å²) in [6, 6.07) is 9.13. The quantitative estimate of drug-likeness (QED) is 0.707. The molecule has 0 saturated carbocycles. The van der Waals surface area contributed by atoms with Gasteiger partial charge in [-0.25, -0.2) is 4.39 Å². The number of carbonyl (C=O) groups excluding carboxylic acids is 3. The molecule has 0 bridgehead atoms. The molecule has 3 N–H and O–H groups in total. The van der Waals surface area contributed by atoms with E-state index >= 15 is 0 Å². The van der Waals surface area contributed by atoms with Gasteiger partial charge in [-0.1, -0.05) is 18.2 Å². The molecule has 0 radical (unpaired) electrons. The number of piperidine rings is 1. The Labute approximate surface area is 167 Å². The Balaban J connectivity index is 1.53. The van der Waals surface area contributed by atoms with Gasteiger partial charge in [0.25, 0.3) is 5.91 Å². The predicted octanol–water partition coefficient (Wildman–Crippen LogP) is 1.23. The first-order chi connectivity index (χ1) is 14.0. The van der Waals surface area contributed by atoms with Crippen LogP contribution in [0.1, 0.15) is 28.9 Å². The molecule has 1 aromatic heterocycles. The fourth-order valence-electron chi connectivity index (χ4n) is 4.02. The summed E-state index contributed by atoms with van der Waals surface area (Å²) in [7, 11) is 0. The van der Waals surface area contributed by atoms with Crippen molar-refractivity contribution in [1.29, 1.82) is 0 Å². The lowest BCUT2D eigenvalue weighted by Crippen LogP contribution is -2.67. The zero-order chi connectivity index (χ0) is 20.4. The van der Waals surface area contributed by atoms with Gasteiger partial charge < -0.3 is 20.5 Å². The van der Waals surface area contributed by atoms with Crippen LogP contribution in [0.2, 0.25) is 0 Å². The van der Waals surface area contributed by atoms with Gasteiger partial charge in [0.05, 0.1) is 5.41 Å². The van der Waals surface area contributed by atoms with Crippen molar-refractivity contribution in [3.05, 3.63) is 59.7 Å². The standard InChI is InChI=1S/C21H23FN4O3/c22-15-6-2-1-5-14(15)11-21(20(29)25-16-7-3-10-24-18(16)27)12-26(13-21)19(28)17-8-4-9-23-17/h1-2,4-6,8-9,16,23H,3,7,10-13H2,(H,24,27)(H,25,29). The number of likely N-dealkylation sites (tertiary alicyclic amines) is 1. The number of nitrogens with zero attached hydrogens (tertiary/aromatic N) is 1. The lowest BCUT2D eigenvalue weighted by Gasteiger charge is -2.49. The molecule has 2 aliphatic heterocycles. The first kappa shape index (κ1) is 19.2. The molecule has 2 aliphatic rings. The van der Waals surface area contributed by atoms with E-state index in [1.165, 1.54) is 6.07 Å². The number of nitrogens with one attached hydrogen (secondary N) is 3. The van der Waals surface area contributed by atoms with E-state index in [1.54, 1.807) is 41.4 Å². The van der Waals surface area contributed by atoms with Gasteiger partial charge in [0.1, 0.15) is 17.6 Å². The van der Waals surface area contributed by atoms with Gasteiger partial charge in [0.2, 0.25) is 11.8 Å². The molecule has 4 rings (SSSR count). The maximum atomic E-state index is 14.3. The number of H-pyrrole nitrogens is 1. The second kappa shape index (κ2) is 7.69. The van der Waals surface area contributed by atoms with Crippen LogP contribution < -0.4 is 10.6 Å². The van der Waals surface area contributed by atoms with Gasteiger partial charge >= 0.3 is 0 Å². The first-order valence-electron chi connectivity index (χ1n) is 9.73. The summed E-state index contributed by atoms with van der Waals surface area (Å²) in [5.74, 6) is -1.12. The van der Waals surface area contributed by atoms with Crippen molar-refractivity contribution in [3.63, 3.8) is 0 Å². The molecule has 3 heterocycles. The summed E-state index contributed by atoms with van der Waals surface area (Å²) in [4.78, 5) is 42.2. The van der Waals surface area contributed by atoms with Crippen LogP contribution >= 0.6 is 0 Å². The predicted molar refractivity (Wildman–Crippen MR) is 103 cm³/mol. The fraction of sp³-hybridized carbons (Fsp3) is 0.381. The molecule has 2 fully saturated rings. The largest absolute Gasteiger partial charge is 0.357 e. The van der Waals surface area contributed by atoms with Crippen molar-refractivity contribution in [2.75, 3.05) is 19.6 Å². The molecule has 3 amide bonds. The second-order valence-electron chi connectivity index (χ2n) is 7.75. The minimum atomic E-state index is -0.970. The monoisotopic (exact) mass is 398 g/mol. The molecule has 29 heavy (non-hydrogen) atoms. The van der Waals surface area contributed by atoms with E-state index in [0.29, 0.717) is 24.2 Å². The van der Waals surface area contributed by atoms with Crippen molar-refractivity contribution < 1.29 is 18.8 Å². The van der Waals surface area contributed by atoms with Crippen LogP contribution in [-0.4, -0.2) is 53.3 Å². The summed E-state index contributed by atoms with van der Waals surface area (Å²) in [6.45, 7) is 0.933. The number of hydrogen-bond donors (Lipinski definition) is 3. The van der Waals surface area contributed by atoms with Crippen LogP contribution in [0.4, 0.5) is 4.39 Å². The fourth-order valence-corrected chi connectivity index (χ4v) is 4.02. The van der Waals surface area contributed by atoms with Crippen LogP contribution in [0.25, 0.3) is 0 Å². The second-order valence-corrected chi connectivity index (χ2v) is 7.75. The maximum absolute atomic E-state index is 14.3. The summed E-state index contributed by atoms with van der Waals surface area (Å²) in [6.07, 6.45) is 3.18. The minimum absolute atomic E-state index is 0.161. The molecular weight excluding hydrogens is 375 g/mol. The number of benzene rings is 1. The highest BCUT2D eigenvalue weighted by Crippen LogP contribution is 2.36. The summed E-state index contributed by atoms with van der Waals surface area (Å²) in [5, 5.41) is 5.57. The number of aromatic nitrogens is 1. The zero-order valence-electron chi connectivity index (χ0n) is 15.9. The first-order valence-corrected chi connectivity index (χ1v) is 9.73. The SMILES string of the molecule is O=C1NCCCC1NC(=O)C1(Cc2ccccc2F)CN(C(=O)c2ccc[nH]2)C1. The van der Waals surface area contributed by atoms with E-state index in [1.807, 2.05) is 0 Å².